The van der Waals surface area contributed by atoms with Crippen molar-refractivity contribution in [3.63, 3.8) is 0 Å². The molecule has 5 nitrogen and oxygen atoms in total. The third kappa shape index (κ3) is 6.75. The molecule has 0 amide bonds. The first-order valence-electron chi connectivity index (χ1n) is 8.57. The highest BCUT2D eigenvalue weighted by Crippen LogP contribution is 2.31. The molecular formula is C21H24O5. The first kappa shape index (κ1) is 19.8. The largest absolute Gasteiger partial charge is 0.508 e. The number of phenolic OH excluding ortho intramolecular Hbond substituents is 1. The molecule has 1 aliphatic rings. The minimum Gasteiger partial charge on any atom is -0.508 e. The van der Waals surface area contributed by atoms with Crippen LogP contribution in [0.4, 0.5) is 0 Å². The van der Waals surface area contributed by atoms with Crippen molar-refractivity contribution in [3.8, 4) is 17.6 Å². The number of aromatic hydroxyl groups is 1. The Hall–Kier alpha value is -2.55. The van der Waals surface area contributed by atoms with Crippen LogP contribution in [0, 0.1) is 11.8 Å². The number of carboxylic acids is 1. The minimum absolute atomic E-state index is 0.126. The van der Waals surface area contributed by atoms with Crippen LogP contribution in [0.15, 0.2) is 48.6 Å². The second kappa shape index (κ2) is 9.23. The van der Waals surface area contributed by atoms with Gasteiger partial charge in [0.2, 0.25) is 0 Å². The number of hydrogen-bond donors (Lipinski definition) is 2. The third-order valence-corrected chi connectivity index (χ3v) is 3.75. The lowest BCUT2D eigenvalue weighted by Gasteiger charge is -2.16. The molecule has 1 saturated heterocycles. The predicted octanol–water partition coefficient (Wildman–Crippen LogP) is 3.63. The zero-order chi connectivity index (χ0) is 19.0. The van der Waals surface area contributed by atoms with Crippen molar-refractivity contribution in [2.75, 3.05) is 0 Å². The number of aliphatic carboxylic acids is 1. The van der Waals surface area contributed by atoms with E-state index in [1.165, 1.54) is 0 Å². The molecule has 0 spiro atoms. The summed E-state index contributed by atoms with van der Waals surface area (Å²) in [5.41, 5.74) is 0.742. The lowest BCUT2D eigenvalue weighted by Crippen LogP contribution is -2.21. The van der Waals surface area contributed by atoms with E-state index in [1.54, 1.807) is 30.4 Å². The van der Waals surface area contributed by atoms with Gasteiger partial charge in [-0.1, -0.05) is 36.1 Å². The standard InChI is InChI=1S/C21H24O5/c1-21(2)25-18(19(26-21)13-8-14-20(23)24)12-6-4-3-5-9-16-10-7-11-17(22)15-16/h3-4,6-7,10-12,15,18-19,22H,8,13-14H2,1-2H3,(H,23,24)/b4-3+,12-6+/t18-,19+/m1/s1. The lowest BCUT2D eigenvalue weighted by molar-refractivity contribution is -0.143. The molecule has 1 heterocycles. The normalized spacial score (nSPS) is 21.8. The van der Waals surface area contributed by atoms with E-state index in [2.05, 4.69) is 11.8 Å². The molecule has 2 atom stereocenters. The molecule has 0 saturated carbocycles. The van der Waals surface area contributed by atoms with Gasteiger partial charge in [0.25, 0.3) is 0 Å². The van der Waals surface area contributed by atoms with Crippen LogP contribution in [0.25, 0.3) is 0 Å². The van der Waals surface area contributed by atoms with Crippen LogP contribution < -0.4 is 0 Å². The molecule has 138 valence electrons. The molecule has 26 heavy (non-hydrogen) atoms. The van der Waals surface area contributed by atoms with E-state index in [-0.39, 0.29) is 24.4 Å². The highest BCUT2D eigenvalue weighted by Gasteiger charge is 2.39. The van der Waals surface area contributed by atoms with E-state index in [0.717, 1.165) is 5.56 Å². The van der Waals surface area contributed by atoms with E-state index in [1.807, 2.05) is 32.1 Å². The third-order valence-electron chi connectivity index (χ3n) is 3.75. The van der Waals surface area contributed by atoms with Crippen molar-refractivity contribution in [2.24, 2.45) is 0 Å². The van der Waals surface area contributed by atoms with Gasteiger partial charge in [-0.15, -0.1) is 0 Å². The van der Waals surface area contributed by atoms with Crippen molar-refractivity contribution in [1.29, 1.82) is 0 Å². The molecule has 5 heteroatoms. The number of phenols is 1. The summed E-state index contributed by atoms with van der Waals surface area (Å²) in [6, 6.07) is 6.77. The van der Waals surface area contributed by atoms with Crippen molar-refractivity contribution < 1.29 is 24.5 Å². The Kier molecular flexibility index (Phi) is 7.02. The van der Waals surface area contributed by atoms with Gasteiger partial charge in [-0.3, -0.25) is 4.79 Å². The van der Waals surface area contributed by atoms with Gasteiger partial charge >= 0.3 is 5.97 Å². The van der Waals surface area contributed by atoms with Crippen LogP contribution in [0.5, 0.6) is 5.75 Å². The topological polar surface area (TPSA) is 76.0 Å². The SMILES string of the molecule is CC1(C)O[C@@H](CCCC(=O)O)[C@@H](/C=C/C=C/C#Cc2cccc(O)c2)O1. The van der Waals surface area contributed by atoms with Crippen LogP contribution in [-0.4, -0.2) is 34.2 Å². The van der Waals surface area contributed by atoms with Gasteiger partial charge in [0.1, 0.15) is 11.9 Å². The summed E-state index contributed by atoms with van der Waals surface area (Å²) in [6.45, 7) is 3.70. The molecule has 1 aromatic carbocycles. The number of carboxylic acid groups (broad SMARTS) is 1. The molecule has 0 aliphatic carbocycles. The van der Waals surface area contributed by atoms with Crippen LogP contribution in [0.1, 0.15) is 38.7 Å². The van der Waals surface area contributed by atoms with Crippen LogP contribution in [0.3, 0.4) is 0 Å². The van der Waals surface area contributed by atoms with Crippen molar-refractivity contribution in [2.45, 2.75) is 51.1 Å². The number of allylic oxidation sites excluding steroid dienone is 3. The van der Waals surface area contributed by atoms with Crippen LogP contribution in [0.2, 0.25) is 0 Å². The summed E-state index contributed by atoms with van der Waals surface area (Å²) >= 11 is 0. The monoisotopic (exact) mass is 356 g/mol. The van der Waals surface area contributed by atoms with E-state index >= 15 is 0 Å². The highest BCUT2D eigenvalue weighted by atomic mass is 16.7. The molecular weight excluding hydrogens is 332 g/mol. The zero-order valence-corrected chi connectivity index (χ0v) is 15.0. The van der Waals surface area contributed by atoms with Crippen LogP contribution in [-0.2, 0) is 14.3 Å². The summed E-state index contributed by atoms with van der Waals surface area (Å²) in [4.78, 5) is 10.7. The Morgan fingerprint density at radius 3 is 2.85 bits per heavy atom. The summed E-state index contributed by atoms with van der Waals surface area (Å²) in [5.74, 6) is 4.54. The molecule has 0 unspecified atom stereocenters. The zero-order valence-electron chi connectivity index (χ0n) is 15.0. The summed E-state index contributed by atoms with van der Waals surface area (Å²) in [5, 5.41) is 18.1. The predicted molar refractivity (Wildman–Crippen MR) is 98.6 cm³/mol. The fourth-order valence-corrected chi connectivity index (χ4v) is 2.69. The van der Waals surface area contributed by atoms with Crippen molar-refractivity contribution >= 4 is 5.97 Å². The maximum Gasteiger partial charge on any atom is 0.303 e. The molecule has 1 aromatic rings. The Morgan fingerprint density at radius 2 is 2.12 bits per heavy atom. The lowest BCUT2D eigenvalue weighted by atomic mass is 10.1. The fraction of sp³-hybridized carbons (Fsp3) is 0.381. The van der Waals surface area contributed by atoms with Gasteiger partial charge < -0.3 is 19.7 Å². The number of hydrogen-bond acceptors (Lipinski definition) is 4. The van der Waals surface area contributed by atoms with E-state index < -0.39 is 11.8 Å². The van der Waals surface area contributed by atoms with Crippen LogP contribution >= 0.6 is 0 Å². The number of rotatable bonds is 6. The van der Waals surface area contributed by atoms with Crippen molar-refractivity contribution in [1.82, 2.24) is 0 Å². The summed E-state index contributed by atoms with van der Waals surface area (Å²) in [6.07, 6.45) is 8.18. The Balaban J connectivity index is 1.89. The first-order valence-corrected chi connectivity index (χ1v) is 8.57. The minimum atomic E-state index is -0.802. The Bertz CT molecular complexity index is 736. The highest BCUT2D eigenvalue weighted by molar-refractivity contribution is 5.66. The van der Waals surface area contributed by atoms with Gasteiger partial charge in [0.05, 0.1) is 6.10 Å². The average molecular weight is 356 g/mol. The van der Waals surface area contributed by atoms with Gasteiger partial charge in [0.15, 0.2) is 5.79 Å². The van der Waals surface area contributed by atoms with Gasteiger partial charge in [-0.2, -0.15) is 0 Å². The van der Waals surface area contributed by atoms with Gasteiger partial charge in [-0.05, 0) is 51.0 Å². The first-order chi connectivity index (χ1) is 12.4. The fourth-order valence-electron chi connectivity index (χ4n) is 2.69. The molecule has 0 bridgehead atoms. The van der Waals surface area contributed by atoms with E-state index in [4.69, 9.17) is 14.6 Å². The molecule has 1 aliphatic heterocycles. The number of benzene rings is 1. The molecule has 0 aromatic heterocycles. The van der Waals surface area contributed by atoms with Gasteiger partial charge in [0, 0.05) is 12.0 Å². The average Bonchev–Trinajstić information content (AvgIpc) is 2.84. The van der Waals surface area contributed by atoms with E-state index in [0.29, 0.717) is 12.8 Å². The van der Waals surface area contributed by atoms with E-state index in [9.17, 15) is 9.90 Å². The second-order valence-electron chi connectivity index (χ2n) is 6.49. The summed E-state index contributed by atoms with van der Waals surface area (Å²) < 4.78 is 11.7. The Morgan fingerprint density at radius 1 is 1.31 bits per heavy atom. The second-order valence-corrected chi connectivity index (χ2v) is 6.49. The smallest absolute Gasteiger partial charge is 0.303 e. The number of carbonyl (C=O) groups is 1. The molecule has 0 radical (unpaired) electrons. The quantitative estimate of drug-likeness (QED) is 0.601. The Labute approximate surface area is 153 Å². The number of ether oxygens (including phenoxy) is 2. The molecule has 2 rings (SSSR count). The van der Waals surface area contributed by atoms with Crippen molar-refractivity contribution in [3.05, 3.63) is 54.1 Å². The molecule has 2 N–H and O–H groups in total. The summed E-state index contributed by atoms with van der Waals surface area (Å²) in [7, 11) is 0. The molecule has 1 fully saturated rings. The maximum atomic E-state index is 10.7. The van der Waals surface area contributed by atoms with Gasteiger partial charge in [-0.25, -0.2) is 0 Å². The maximum absolute atomic E-state index is 10.7.